The van der Waals surface area contributed by atoms with Gasteiger partial charge in [0, 0.05) is 44.8 Å². The minimum Gasteiger partial charge on any atom is -0.496 e. The number of hydrogen-bond acceptors (Lipinski definition) is 3. The molecule has 1 aliphatic rings. The Hall–Kier alpha value is -2.10. The van der Waals surface area contributed by atoms with E-state index in [2.05, 4.69) is 58.4 Å². The van der Waals surface area contributed by atoms with Gasteiger partial charge in [0.25, 0.3) is 0 Å². The van der Waals surface area contributed by atoms with Crippen molar-refractivity contribution in [2.45, 2.75) is 6.54 Å². The van der Waals surface area contributed by atoms with Crippen molar-refractivity contribution < 1.29 is 4.74 Å². The SMILES string of the molecule is COc1ccccc1/C=C/CN1CCN(Cc2ccccc2)CC1. The first-order chi connectivity index (χ1) is 11.8. The maximum Gasteiger partial charge on any atom is 0.126 e. The van der Waals surface area contributed by atoms with E-state index >= 15 is 0 Å². The molecule has 0 atom stereocenters. The fourth-order valence-electron chi connectivity index (χ4n) is 3.10. The number of methoxy groups -OCH3 is 1. The van der Waals surface area contributed by atoms with Gasteiger partial charge in [0.05, 0.1) is 7.11 Å². The monoisotopic (exact) mass is 322 g/mol. The molecule has 0 spiro atoms. The molecule has 0 saturated carbocycles. The molecule has 0 bridgehead atoms. The van der Waals surface area contributed by atoms with Gasteiger partial charge in [0.15, 0.2) is 0 Å². The van der Waals surface area contributed by atoms with Crippen LogP contribution in [0.1, 0.15) is 11.1 Å². The Kier molecular flexibility index (Phi) is 6.05. The van der Waals surface area contributed by atoms with Crippen LogP contribution in [0.15, 0.2) is 60.7 Å². The molecule has 126 valence electrons. The van der Waals surface area contributed by atoms with Gasteiger partial charge in [-0.1, -0.05) is 60.7 Å². The maximum atomic E-state index is 5.39. The average molecular weight is 322 g/mol. The van der Waals surface area contributed by atoms with Gasteiger partial charge in [-0.3, -0.25) is 9.80 Å². The highest BCUT2D eigenvalue weighted by molar-refractivity contribution is 5.57. The van der Waals surface area contributed by atoms with E-state index in [1.165, 1.54) is 5.56 Å². The summed E-state index contributed by atoms with van der Waals surface area (Å²) < 4.78 is 5.39. The minimum absolute atomic E-state index is 0.932. The molecule has 0 amide bonds. The number of benzene rings is 2. The summed E-state index contributed by atoms with van der Waals surface area (Å²) in [6.45, 7) is 6.59. The second-order valence-corrected chi connectivity index (χ2v) is 6.21. The molecule has 2 aromatic rings. The van der Waals surface area contributed by atoms with Gasteiger partial charge in [-0.2, -0.15) is 0 Å². The summed E-state index contributed by atoms with van der Waals surface area (Å²) in [4.78, 5) is 5.04. The lowest BCUT2D eigenvalue weighted by Gasteiger charge is -2.34. The number of nitrogens with zero attached hydrogens (tertiary/aromatic N) is 2. The molecule has 1 saturated heterocycles. The van der Waals surface area contributed by atoms with Crippen molar-refractivity contribution in [1.82, 2.24) is 9.80 Å². The Morgan fingerprint density at radius 2 is 1.54 bits per heavy atom. The summed E-state index contributed by atoms with van der Waals surface area (Å²) in [5.74, 6) is 0.932. The van der Waals surface area contributed by atoms with Crippen LogP contribution in [0.4, 0.5) is 0 Å². The first-order valence-electron chi connectivity index (χ1n) is 8.63. The standard InChI is InChI=1S/C21H26N2O/c1-24-21-12-6-5-10-20(21)11-7-13-22-14-16-23(17-15-22)18-19-8-3-2-4-9-19/h2-12H,13-18H2,1H3/b11-7+. The second-order valence-electron chi connectivity index (χ2n) is 6.21. The maximum absolute atomic E-state index is 5.39. The van der Waals surface area contributed by atoms with Crippen LogP contribution in [0.3, 0.4) is 0 Å². The van der Waals surface area contributed by atoms with Gasteiger partial charge in [-0.05, 0) is 11.6 Å². The molecular formula is C21H26N2O. The summed E-state index contributed by atoms with van der Waals surface area (Å²) in [6, 6.07) is 18.9. The molecule has 2 aromatic carbocycles. The predicted octanol–water partition coefficient (Wildman–Crippen LogP) is 3.53. The summed E-state index contributed by atoms with van der Waals surface area (Å²) in [5, 5.41) is 0. The van der Waals surface area contributed by atoms with E-state index in [-0.39, 0.29) is 0 Å². The second kappa shape index (κ2) is 8.67. The summed E-state index contributed by atoms with van der Waals surface area (Å²) in [6.07, 6.45) is 4.40. The molecule has 3 nitrogen and oxygen atoms in total. The number of para-hydroxylation sites is 1. The van der Waals surface area contributed by atoms with E-state index in [0.717, 1.165) is 50.6 Å². The van der Waals surface area contributed by atoms with E-state index < -0.39 is 0 Å². The van der Waals surface area contributed by atoms with Crippen LogP contribution >= 0.6 is 0 Å². The zero-order valence-corrected chi connectivity index (χ0v) is 14.4. The molecule has 1 fully saturated rings. The Morgan fingerprint density at radius 3 is 2.29 bits per heavy atom. The van der Waals surface area contributed by atoms with E-state index in [4.69, 9.17) is 4.74 Å². The topological polar surface area (TPSA) is 15.7 Å². The average Bonchev–Trinajstić information content (AvgIpc) is 2.64. The number of hydrogen-bond donors (Lipinski definition) is 0. The highest BCUT2D eigenvalue weighted by Gasteiger charge is 2.15. The zero-order valence-electron chi connectivity index (χ0n) is 14.4. The lowest BCUT2D eigenvalue weighted by atomic mass is 10.2. The summed E-state index contributed by atoms with van der Waals surface area (Å²) in [7, 11) is 1.72. The number of ether oxygens (including phenoxy) is 1. The van der Waals surface area contributed by atoms with Crippen LogP contribution in [0.5, 0.6) is 5.75 Å². The summed E-state index contributed by atoms with van der Waals surface area (Å²) >= 11 is 0. The van der Waals surface area contributed by atoms with Crippen molar-refractivity contribution in [2.24, 2.45) is 0 Å². The fourth-order valence-corrected chi connectivity index (χ4v) is 3.10. The van der Waals surface area contributed by atoms with Crippen molar-refractivity contribution in [1.29, 1.82) is 0 Å². The van der Waals surface area contributed by atoms with E-state index in [0.29, 0.717) is 0 Å². The lowest BCUT2D eigenvalue weighted by molar-refractivity contribution is 0.137. The van der Waals surface area contributed by atoms with Crippen molar-refractivity contribution in [3.63, 3.8) is 0 Å². The predicted molar refractivity (Wildman–Crippen MR) is 100 cm³/mol. The third-order valence-electron chi connectivity index (χ3n) is 4.51. The van der Waals surface area contributed by atoms with Crippen LogP contribution in [0.25, 0.3) is 6.08 Å². The van der Waals surface area contributed by atoms with Crippen molar-refractivity contribution in [3.8, 4) is 5.75 Å². The third-order valence-corrected chi connectivity index (χ3v) is 4.51. The van der Waals surface area contributed by atoms with E-state index in [9.17, 15) is 0 Å². The van der Waals surface area contributed by atoms with Gasteiger partial charge in [0.1, 0.15) is 5.75 Å². The summed E-state index contributed by atoms with van der Waals surface area (Å²) in [5.41, 5.74) is 2.55. The largest absolute Gasteiger partial charge is 0.496 e. The number of piperazine rings is 1. The van der Waals surface area contributed by atoms with Gasteiger partial charge < -0.3 is 4.74 Å². The van der Waals surface area contributed by atoms with Crippen LogP contribution < -0.4 is 4.74 Å². The van der Waals surface area contributed by atoms with Crippen LogP contribution in [-0.4, -0.2) is 49.6 Å². The molecule has 24 heavy (non-hydrogen) atoms. The molecule has 3 heteroatoms. The Morgan fingerprint density at radius 1 is 0.875 bits per heavy atom. The van der Waals surface area contributed by atoms with E-state index in [1.807, 2.05) is 18.2 Å². The van der Waals surface area contributed by atoms with Crippen molar-refractivity contribution in [2.75, 3.05) is 39.8 Å². The lowest BCUT2D eigenvalue weighted by Crippen LogP contribution is -2.45. The highest BCUT2D eigenvalue weighted by atomic mass is 16.5. The van der Waals surface area contributed by atoms with Gasteiger partial charge in [0.2, 0.25) is 0 Å². The van der Waals surface area contributed by atoms with Gasteiger partial charge in [-0.15, -0.1) is 0 Å². The third kappa shape index (κ3) is 4.70. The quantitative estimate of drug-likeness (QED) is 0.809. The van der Waals surface area contributed by atoms with Crippen molar-refractivity contribution >= 4 is 6.08 Å². The zero-order chi connectivity index (χ0) is 16.6. The van der Waals surface area contributed by atoms with Gasteiger partial charge >= 0.3 is 0 Å². The normalized spacial score (nSPS) is 16.5. The highest BCUT2D eigenvalue weighted by Crippen LogP contribution is 2.18. The van der Waals surface area contributed by atoms with E-state index in [1.54, 1.807) is 7.11 Å². The Bertz CT molecular complexity index is 646. The smallest absolute Gasteiger partial charge is 0.126 e. The molecule has 0 aliphatic carbocycles. The number of rotatable bonds is 6. The fraction of sp³-hybridized carbons (Fsp3) is 0.333. The first-order valence-corrected chi connectivity index (χ1v) is 8.63. The molecule has 0 N–H and O–H groups in total. The Labute approximate surface area is 145 Å². The molecular weight excluding hydrogens is 296 g/mol. The van der Waals surface area contributed by atoms with Crippen molar-refractivity contribution in [3.05, 3.63) is 71.8 Å². The van der Waals surface area contributed by atoms with Crippen LogP contribution in [-0.2, 0) is 6.54 Å². The molecule has 0 unspecified atom stereocenters. The molecule has 0 radical (unpaired) electrons. The molecule has 1 aliphatic heterocycles. The first kappa shape index (κ1) is 16.7. The van der Waals surface area contributed by atoms with Gasteiger partial charge in [-0.25, -0.2) is 0 Å². The van der Waals surface area contributed by atoms with Crippen LogP contribution in [0.2, 0.25) is 0 Å². The molecule has 1 heterocycles. The minimum atomic E-state index is 0.932. The molecule has 3 rings (SSSR count). The molecule has 0 aromatic heterocycles. The Balaban J connectivity index is 1.45. The van der Waals surface area contributed by atoms with Crippen LogP contribution in [0, 0.1) is 0 Å².